The van der Waals surface area contributed by atoms with Gasteiger partial charge in [0, 0.05) is 26.0 Å². The summed E-state index contributed by atoms with van der Waals surface area (Å²) >= 11 is 0. The van der Waals surface area contributed by atoms with E-state index in [1.807, 2.05) is 0 Å². The highest BCUT2D eigenvalue weighted by Gasteiger charge is 2.72. The second-order valence-corrected chi connectivity index (χ2v) is 9.00. The molecule has 2 aromatic rings. The number of nitrogens with zero attached hydrogens (tertiary/aromatic N) is 1. The number of para-hydroxylation sites is 1. The third-order valence-electron chi connectivity index (χ3n) is 5.89. The molecule has 1 amide bonds. The molecule has 0 aromatic heterocycles. The van der Waals surface area contributed by atoms with Crippen molar-refractivity contribution in [3.63, 3.8) is 0 Å². The highest BCUT2D eigenvalue weighted by atomic mass is 19.4. The average molecular weight is 616 g/mol. The predicted molar refractivity (Wildman–Crippen MR) is 132 cm³/mol. The van der Waals surface area contributed by atoms with Crippen LogP contribution in [0.5, 0.6) is 11.5 Å². The zero-order valence-corrected chi connectivity index (χ0v) is 22.3. The van der Waals surface area contributed by atoms with Crippen molar-refractivity contribution >= 4 is 12.1 Å². The number of alkyl halides is 7. The Morgan fingerprint density at radius 1 is 0.929 bits per heavy atom. The summed E-state index contributed by atoms with van der Waals surface area (Å²) in [5.41, 5.74) is 0.631. The first-order valence-electron chi connectivity index (χ1n) is 12.7. The van der Waals surface area contributed by atoms with E-state index in [4.69, 9.17) is 14.2 Å². The van der Waals surface area contributed by atoms with E-state index in [0.29, 0.717) is 11.3 Å². The lowest BCUT2D eigenvalue weighted by Gasteiger charge is -2.28. The van der Waals surface area contributed by atoms with Gasteiger partial charge in [-0.15, -0.1) is 0 Å². The molecule has 0 spiro atoms. The molecule has 1 atom stereocenters. The summed E-state index contributed by atoms with van der Waals surface area (Å²) < 4.78 is 120. The van der Waals surface area contributed by atoms with Crippen LogP contribution < -0.4 is 9.47 Å². The number of carboxylic acids is 1. The molecule has 42 heavy (non-hydrogen) atoms. The molecule has 0 heterocycles. The SMILES string of the molecule is CCOC(Cc1ccc(OCCN(CCCCC(F)(F)C(F)(F)C(F)(F)F)C(=O)Oc2ccccc2F)cc1)C(=O)O. The number of amides is 1. The first-order chi connectivity index (χ1) is 19.6. The van der Waals surface area contributed by atoms with Gasteiger partial charge >= 0.3 is 30.1 Å². The molecule has 0 aliphatic heterocycles. The molecule has 7 nitrogen and oxygen atoms in total. The maximum absolute atomic E-state index is 13.9. The van der Waals surface area contributed by atoms with Crippen molar-refractivity contribution in [3.05, 3.63) is 59.9 Å². The van der Waals surface area contributed by atoms with Crippen molar-refractivity contribution < 1.29 is 64.0 Å². The standard InChI is InChI=1S/C27H29F8NO6/c1-2-40-22(23(37)38)17-18-9-11-19(12-10-18)41-16-15-36(24(39)42-21-8-4-3-7-20(21)28)14-6-5-13-25(29,30)26(31,32)27(33,34)35/h3-4,7-12,22H,2,5-6,13-17H2,1H3,(H,37,38). The Labute approximate surface area is 236 Å². The van der Waals surface area contributed by atoms with Gasteiger partial charge in [0.2, 0.25) is 0 Å². The number of benzene rings is 2. The maximum atomic E-state index is 13.9. The number of carboxylic acid groups (broad SMARTS) is 1. The normalized spacial score (nSPS) is 13.0. The van der Waals surface area contributed by atoms with Gasteiger partial charge in [0.25, 0.3) is 0 Å². The van der Waals surface area contributed by atoms with Crippen molar-refractivity contribution in [2.24, 2.45) is 0 Å². The number of carbonyl (C=O) groups is 2. The van der Waals surface area contributed by atoms with Gasteiger partial charge in [-0.1, -0.05) is 24.3 Å². The zero-order chi connectivity index (χ0) is 31.6. The van der Waals surface area contributed by atoms with Crippen LogP contribution in [-0.2, 0) is 16.0 Å². The summed E-state index contributed by atoms with van der Waals surface area (Å²) in [6, 6.07) is 11.1. The number of hydrogen-bond donors (Lipinski definition) is 1. The third-order valence-corrected chi connectivity index (χ3v) is 5.89. The molecule has 0 aliphatic rings. The largest absolute Gasteiger partial charge is 0.492 e. The summed E-state index contributed by atoms with van der Waals surface area (Å²) in [5, 5.41) is 9.20. The minimum atomic E-state index is -6.44. The topological polar surface area (TPSA) is 85.3 Å². The van der Waals surface area contributed by atoms with Gasteiger partial charge in [-0.3, -0.25) is 0 Å². The maximum Gasteiger partial charge on any atom is 0.459 e. The summed E-state index contributed by atoms with van der Waals surface area (Å²) in [5.74, 6) is -13.8. The van der Waals surface area contributed by atoms with E-state index in [1.165, 1.54) is 24.3 Å². The number of ether oxygens (including phenoxy) is 3. The van der Waals surface area contributed by atoms with Gasteiger partial charge in [0.1, 0.15) is 12.4 Å². The Balaban J connectivity index is 2.01. The van der Waals surface area contributed by atoms with Crippen molar-refractivity contribution in [2.45, 2.75) is 56.7 Å². The summed E-state index contributed by atoms with van der Waals surface area (Å²) in [6.07, 6.45) is -11.5. The molecule has 0 radical (unpaired) electrons. The van der Waals surface area contributed by atoms with Crippen LogP contribution in [0.1, 0.15) is 31.7 Å². The summed E-state index contributed by atoms with van der Waals surface area (Å²) in [4.78, 5) is 24.8. The number of rotatable bonds is 16. The van der Waals surface area contributed by atoms with Crippen molar-refractivity contribution in [2.75, 3.05) is 26.3 Å². The molecule has 15 heteroatoms. The van der Waals surface area contributed by atoms with Crippen LogP contribution in [0, 0.1) is 5.82 Å². The molecular weight excluding hydrogens is 586 g/mol. The van der Waals surface area contributed by atoms with Gasteiger partial charge in [-0.25, -0.2) is 14.0 Å². The van der Waals surface area contributed by atoms with E-state index in [0.717, 1.165) is 17.0 Å². The smallest absolute Gasteiger partial charge is 0.459 e. The number of carbonyl (C=O) groups excluding carboxylic acids is 1. The Morgan fingerprint density at radius 2 is 1.57 bits per heavy atom. The van der Waals surface area contributed by atoms with Crippen LogP contribution in [0.15, 0.2) is 48.5 Å². The first-order valence-corrected chi connectivity index (χ1v) is 12.7. The number of halogens is 8. The van der Waals surface area contributed by atoms with Gasteiger partial charge in [0.15, 0.2) is 17.7 Å². The fraction of sp³-hybridized carbons (Fsp3) is 0.481. The molecular formula is C27H29F8NO6. The number of hydrogen-bond acceptors (Lipinski definition) is 5. The Morgan fingerprint density at radius 3 is 2.14 bits per heavy atom. The average Bonchev–Trinajstić information content (AvgIpc) is 2.91. The minimum absolute atomic E-state index is 0.0903. The fourth-order valence-corrected chi connectivity index (χ4v) is 3.62. The van der Waals surface area contributed by atoms with Crippen LogP contribution in [0.2, 0.25) is 0 Å². The van der Waals surface area contributed by atoms with E-state index < -0.39 is 73.6 Å². The van der Waals surface area contributed by atoms with E-state index in [9.17, 15) is 49.8 Å². The van der Waals surface area contributed by atoms with Crippen LogP contribution >= 0.6 is 0 Å². The van der Waals surface area contributed by atoms with Gasteiger partial charge in [-0.05, 0) is 49.6 Å². The van der Waals surface area contributed by atoms with E-state index in [1.54, 1.807) is 19.1 Å². The van der Waals surface area contributed by atoms with Crippen molar-refractivity contribution in [1.82, 2.24) is 4.90 Å². The van der Waals surface area contributed by atoms with Gasteiger partial charge in [-0.2, -0.15) is 30.7 Å². The van der Waals surface area contributed by atoms with E-state index in [-0.39, 0.29) is 26.2 Å². The number of unbranched alkanes of at least 4 members (excludes halogenated alkanes) is 1. The highest BCUT2D eigenvalue weighted by Crippen LogP contribution is 2.48. The van der Waals surface area contributed by atoms with E-state index >= 15 is 0 Å². The molecule has 2 rings (SSSR count). The van der Waals surface area contributed by atoms with Crippen LogP contribution in [0.25, 0.3) is 0 Å². The van der Waals surface area contributed by atoms with Crippen LogP contribution in [-0.4, -0.2) is 72.5 Å². The lowest BCUT2D eigenvalue weighted by atomic mass is 10.0. The first kappa shape index (κ1) is 34.6. The molecule has 0 aliphatic carbocycles. The number of aliphatic carboxylic acids is 1. The van der Waals surface area contributed by atoms with Gasteiger partial charge in [0.05, 0.1) is 6.54 Å². The second-order valence-electron chi connectivity index (χ2n) is 9.00. The highest BCUT2D eigenvalue weighted by molar-refractivity contribution is 5.72. The molecule has 0 bridgehead atoms. The molecule has 1 unspecified atom stereocenters. The quantitative estimate of drug-likeness (QED) is 0.166. The molecule has 2 aromatic carbocycles. The van der Waals surface area contributed by atoms with Crippen molar-refractivity contribution in [1.29, 1.82) is 0 Å². The lowest BCUT2D eigenvalue weighted by molar-refractivity contribution is -0.355. The Bertz CT molecular complexity index is 1160. The predicted octanol–water partition coefficient (Wildman–Crippen LogP) is 6.74. The molecule has 0 fully saturated rings. The third kappa shape index (κ3) is 9.74. The second kappa shape index (κ2) is 15.0. The fourth-order valence-electron chi connectivity index (χ4n) is 3.62. The summed E-state index contributed by atoms with van der Waals surface area (Å²) in [6.45, 7) is 0.998. The van der Waals surface area contributed by atoms with E-state index in [2.05, 4.69) is 0 Å². The zero-order valence-electron chi connectivity index (χ0n) is 22.3. The monoisotopic (exact) mass is 615 g/mol. The molecule has 0 saturated heterocycles. The summed E-state index contributed by atoms with van der Waals surface area (Å²) in [7, 11) is 0. The lowest BCUT2D eigenvalue weighted by Crippen LogP contribution is -2.51. The van der Waals surface area contributed by atoms with Gasteiger partial charge < -0.3 is 24.2 Å². The van der Waals surface area contributed by atoms with Crippen LogP contribution in [0.4, 0.5) is 39.9 Å². The molecule has 1 N–H and O–H groups in total. The van der Waals surface area contributed by atoms with Crippen LogP contribution in [0.3, 0.4) is 0 Å². The molecule has 234 valence electrons. The van der Waals surface area contributed by atoms with Crippen molar-refractivity contribution in [3.8, 4) is 11.5 Å². The minimum Gasteiger partial charge on any atom is -0.492 e. The molecule has 0 saturated carbocycles. The Hall–Kier alpha value is -3.62. The Kier molecular flexibility index (Phi) is 12.4.